The Morgan fingerprint density at radius 1 is 1.14 bits per heavy atom. The first-order valence-corrected chi connectivity index (χ1v) is 7.76. The molecule has 2 aliphatic rings. The number of hydrogen-bond acceptors (Lipinski definition) is 4. The number of piperazine rings is 1. The number of fused-ring (bicyclic) bond motifs is 1. The number of carbonyl (C=O) groups excluding carboxylic acids is 1. The minimum Gasteiger partial charge on any atom is -0.459 e. The van der Waals surface area contributed by atoms with Gasteiger partial charge in [0.2, 0.25) is 0 Å². The zero-order valence-corrected chi connectivity index (χ0v) is 12.4. The first kappa shape index (κ1) is 13.2. The zero-order valence-electron chi connectivity index (χ0n) is 12.4. The summed E-state index contributed by atoms with van der Waals surface area (Å²) < 4.78 is 5.20. The van der Waals surface area contributed by atoms with Gasteiger partial charge in [-0.05, 0) is 42.3 Å². The van der Waals surface area contributed by atoms with Crippen molar-refractivity contribution in [1.29, 1.82) is 0 Å². The van der Waals surface area contributed by atoms with Crippen molar-refractivity contribution in [3.63, 3.8) is 0 Å². The number of anilines is 2. The van der Waals surface area contributed by atoms with Crippen LogP contribution < -0.4 is 10.2 Å². The largest absolute Gasteiger partial charge is 0.459 e. The Balaban J connectivity index is 1.42. The van der Waals surface area contributed by atoms with E-state index in [0.717, 1.165) is 39.1 Å². The highest BCUT2D eigenvalue weighted by atomic mass is 16.3. The van der Waals surface area contributed by atoms with E-state index in [1.165, 1.54) is 16.9 Å². The molecule has 4 rings (SSSR count). The Bertz CT molecular complexity index is 673. The van der Waals surface area contributed by atoms with Crippen LogP contribution in [0.1, 0.15) is 16.1 Å². The van der Waals surface area contributed by atoms with Crippen LogP contribution in [0.15, 0.2) is 41.0 Å². The van der Waals surface area contributed by atoms with E-state index in [1.807, 2.05) is 4.90 Å². The fourth-order valence-corrected chi connectivity index (χ4v) is 3.21. The predicted molar refractivity (Wildman–Crippen MR) is 85.5 cm³/mol. The van der Waals surface area contributed by atoms with Crippen molar-refractivity contribution in [2.75, 3.05) is 42.9 Å². The number of rotatable bonds is 2. The summed E-state index contributed by atoms with van der Waals surface area (Å²) in [6.45, 7) is 4.21. The normalized spacial score (nSPS) is 17.3. The Morgan fingerprint density at radius 2 is 2.00 bits per heavy atom. The van der Waals surface area contributed by atoms with E-state index < -0.39 is 0 Å². The molecule has 1 amide bonds. The Kier molecular flexibility index (Phi) is 3.25. The summed E-state index contributed by atoms with van der Waals surface area (Å²) in [5.74, 6) is 0.417. The molecule has 1 aromatic carbocycles. The Labute approximate surface area is 129 Å². The second-order valence-electron chi connectivity index (χ2n) is 5.77. The van der Waals surface area contributed by atoms with Crippen LogP contribution in [0.3, 0.4) is 0 Å². The second-order valence-corrected chi connectivity index (χ2v) is 5.77. The van der Waals surface area contributed by atoms with Crippen molar-refractivity contribution in [3.05, 3.63) is 47.9 Å². The average molecular weight is 297 g/mol. The predicted octanol–water partition coefficient (Wildman–Crippen LogP) is 2.21. The third-order valence-corrected chi connectivity index (χ3v) is 4.46. The minimum absolute atomic E-state index is 0.0113. The maximum atomic E-state index is 12.3. The molecule has 1 N–H and O–H groups in total. The van der Waals surface area contributed by atoms with Gasteiger partial charge in [0.05, 0.1) is 6.26 Å². The molecule has 1 saturated heterocycles. The Hall–Kier alpha value is -2.43. The lowest BCUT2D eigenvalue weighted by molar-refractivity contribution is 0.0714. The second kappa shape index (κ2) is 5.40. The van der Waals surface area contributed by atoms with E-state index in [-0.39, 0.29) is 5.91 Å². The van der Waals surface area contributed by atoms with Crippen LogP contribution in [0.25, 0.3) is 0 Å². The molecule has 0 radical (unpaired) electrons. The van der Waals surface area contributed by atoms with Gasteiger partial charge in [-0.2, -0.15) is 0 Å². The summed E-state index contributed by atoms with van der Waals surface area (Å²) in [5.41, 5.74) is 3.91. The molecular formula is C17H19N3O2. The minimum atomic E-state index is -0.0113. The zero-order chi connectivity index (χ0) is 14.9. The molecular weight excluding hydrogens is 278 g/mol. The van der Waals surface area contributed by atoms with Gasteiger partial charge in [0.15, 0.2) is 5.76 Å². The summed E-state index contributed by atoms with van der Waals surface area (Å²) in [6.07, 6.45) is 2.64. The number of furan rings is 1. The van der Waals surface area contributed by atoms with Crippen LogP contribution in [-0.4, -0.2) is 43.5 Å². The molecule has 5 nitrogen and oxygen atoms in total. The molecule has 0 saturated carbocycles. The first-order chi connectivity index (χ1) is 10.8. The molecule has 5 heteroatoms. The summed E-state index contributed by atoms with van der Waals surface area (Å²) in [4.78, 5) is 16.5. The first-order valence-electron chi connectivity index (χ1n) is 7.76. The van der Waals surface area contributed by atoms with E-state index in [1.54, 1.807) is 18.4 Å². The van der Waals surface area contributed by atoms with E-state index in [4.69, 9.17) is 4.42 Å². The maximum absolute atomic E-state index is 12.3. The van der Waals surface area contributed by atoms with Gasteiger partial charge in [-0.3, -0.25) is 4.79 Å². The summed E-state index contributed by atoms with van der Waals surface area (Å²) in [6, 6.07) is 10.1. The molecule has 1 aromatic heterocycles. The van der Waals surface area contributed by atoms with Crippen molar-refractivity contribution in [3.8, 4) is 0 Å². The summed E-state index contributed by atoms with van der Waals surface area (Å²) in [5, 5.41) is 3.39. The molecule has 0 bridgehead atoms. The van der Waals surface area contributed by atoms with Gasteiger partial charge in [-0.1, -0.05) is 0 Å². The van der Waals surface area contributed by atoms with Crippen LogP contribution in [-0.2, 0) is 6.42 Å². The number of amides is 1. The van der Waals surface area contributed by atoms with Crippen molar-refractivity contribution in [2.24, 2.45) is 0 Å². The number of hydrogen-bond donors (Lipinski definition) is 1. The number of benzene rings is 1. The molecule has 3 heterocycles. The molecule has 2 aliphatic heterocycles. The van der Waals surface area contributed by atoms with Gasteiger partial charge in [0, 0.05) is 44.1 Å². The van der Waals surface area contributed by atoms with E-state index >= 15 is 0 Å². The third-order valence-electron chi connectivity index (χ3n) is 4.46. The van der Waals surface area contributed by atoms with Gasteiger partial charge in [-0.15, -0.1) is 0 Å². The molecule has 2 aromatic rings. The third kappa shape index (κ3) is 2.32. The highest BCUT2D eigenvalue weighted by Crippen LogP contribution is 2.28. The number of nitrogens with one attached hydrogen (secondary N) is 1. The van der Waals surface area contributed by atoms with Crippen LogP contribution in [0.2, 0.25) is 0 Å². The summed E-state index contributed by atoms with van der Waals surface area (Å²) >= 11 is 0. The lowest BCUT2D eigenvalue weighted by Gasteiger charge is -2.36. The van der Waals surface area contributed by atoms with Crippen molar-refractivity contribution >= 4 is 17.3 Å². The molecule has 22 heavy (non-hydrogen) atoms. The standard InChI is InChI=1S/C17H19N3O2/c21-17(16-2-1-11-22-16)20-9-7-19(8-10-20)14-3-4-15-13(12-14)5-6-18-15/h1-4,11-12,18H,5-10H2. The quantitative estimate of drug-likeness (QED) is 0.923. The average Bonchev–Trinajstić information content (AvgIpc) is 3.25. The van der Waals surface area contributed by atoms with Gasteiger partial charge in [0.25, 0.3) is 5.91 Å². The number of carbonyl (C=O) groups is 1. The fraction of sp³-hybridized carbons (Fsp3) is 0.353. The highest BCUT2D eigenvalue weighted by Gasteiger charge is 2.24. The molecule has 1 fully saturated rings. The molecule has 114 valence electrons. The fourth-order valence-electron chi connectivity index (χ4n) is 3.21. The van der Waals surface area contributed by atoms with Crippen LogP contribution in [0.4, 0.5) is 11.4 Å². The van der Waals surface area contributed by atoms with Crippen molar-refractivity contribution in [2.45, 2.75) is 6.42 Å². The van der Waals surface area contributed by atoms with Gasteiger partial charge >= 0.3 is 0 Å². The van der Waals surface area contributed by atoms with Crippen LogP contribution >= 0.6 is 0 Å². The Morgan fingerprint density at radius 3 is 2.77 bits per heavy atom. The smallest absolute Gasteiger partial charge is 0.289 e. The van der Waals surface area contributed by atoms with E-state index in [9.17, 15) is 4.79 Å². The molecule has 0 atom stereocenters. The summed E-state index contributed by atoms with van der Waals surface area (Å²) in [7, 11) is 0. The highest BCUT2D eigenvalue weighted by molar-refractivity contribution is 5.91. The maximum Gasteiger partial charge on any atom is 0.289 e. The van der Waals surface area contributed by atoms with Crippen LogP contribution in [0, 0.1) is 0 Å². The molecule has 0 unspecified atom stereocenters. The molecule has 0 spiro atoms. The van der Waals surface area contributed by atoms with Gasteiger partial charge in [-0.25, -0.2) is 0 Å². The topological polar surface area (TPSA) is 48.7 Å². The van der Waals surface area contributed by atoms with Gasteiger partial charge in [0.1, 0.15) is 0 Å². The lowest BCUT2D eigenvalue weighted by Crippen LogP contribution is -2.48. The van der Waals surface area contributed by atoms with Crippen molar-refractivity contribution < 1.29 is 9.21 Å². The van der Waals surface area contributed by atoms with Crippen molar-refractivity contribution in [1.82, 2.24) is 4.90 Å². The van der Waals surface area contributed by atoms with E-state index in [0.29, 0.717) is 5.76 Å². The van der Waals surface area contributed by atoms with Crippen LogP contribution in [0.5, 0.6) is 0 Å². The van der Waals surface area contributed by atoms with E-state index in [2.05, 4.69) is 28.4 Å². The SMILES string of the molecule is O=C(c1ccco1)N1CCN(c2ccc3c(c2)CCN3)CC1. The lowest BCUT2D eigenvalue weighted by atomic mass is 10.1. The van der Waals surface area contributed by atoms with Gasteiger partial charge < -0.3 is 19.5 Å². The number of nitrogens with zero attached hydrogens (tertiary/aromatic N) is 2. The monoisotopic (exact) mass is 297 g/mol. The molecule has 0 aliphatic carbocycles.